The van der Waals surface area contributed by atoms with Crippen molar-refractivity contribution in [3.8, 4) is 0 Å². The first-order valence-electron chi connectivity index (χ1n) is 10.9. The Morgan fingerprint density at radius 1 is 1.13 bits per heavy atom. The van der Waals surface area contributed by atoms with Gasteiger partial charge in [0.15, 0.2) is 5.65 Å². The predicted octanol–water partition coefficient (Wildman–Crippen LogP) is 3.91. The number of likely N-dealkylation sites (tertiary alicyclic amines) is 1. The number of rotatable bonds is 3. The summed E-state index contributed by atoms with van der Waals surface area (Å²) in [5.74, 6) is 1.33. The summed E-state index contributed by atoms with van der Waals surface area (Å²) < 4.78 is 7.84. The number of amides is 1. The van der Waals surface area contributed by atoms with Crippen LogP contribution in [0, 0.1) is 0 Å². The van der Waals surface area contributed by atoms with Crippen LogP contribution in [0.15, 0.2) is 47.2 Å². The smallest absolute Gasteiger partial charge is 0.227 e. The summed E-state index contributed by atoms with van der Waals surface area (Å²) in [4.78, 5) is 15.2. The number of fused-ring (bicyclic) bond motifs is 3. The molecule has 0 bridgehead atoms. The number of pyridine rings is 1. The number of nitrogens with zero attached hydrogens (tertiary/aromatic N) is 4. The highest BCUT2D eigenvalue weighted by molar-refractivity contribution is 5.88. The van der Waals surface area contributed by atoms with Crippen LogP contribution in [-0.4, -0.2) is 38.5 Å². The van der Waals surface area contributed by atoms with E-state index in [1.54, 1.807) is 6.26 Å². The van der Waals surface area contributed by atoms with E-state index in [-0.39, 0.29) is 11.8 Å². The van der Waals surface area contributed by atoms with Crippen molar-refractivity contribution in [2.75, 3.05) is 13.1 Å². The number of aryl methyl sites for hydroxylation is 2. The Labute approximate surface area is 174 Å². The van der Waals surface area contributed by atoms with E-state index < -0.39 is 0 Å². The van der Waals surface area contributed by atoms with Gasteiger partial charge in [0.1, 0.15) is 11.4 Å². The summed E-state index contributed by atoms with van der Waals surface area (Å²) in [7, 11) is 0. The molecule has 152 valence electrons. The van der Waals surface area contributed by atoms with Crippen LogP contribution in [0.3, 0.4) is 0 Å². The second-order valence-electron chi connectivity index (χ2n) is 8.57. The van der Waals surface area contributed by atoms with Gasteiger partial charge in [-0.15, -0.1) is 10.2 Å². The molecule has 3 aromatic heterocycles. The Balaban J connectivity index is 1.22. The summed E-state index contributed by atoms with van der Waals surface area (Å²) in [5, 5.41) is 9.81. The van der Waals surface area contributed by atoms with Gasteiger partial charge in [0, 0.05) is 36.2 Å². The molecule has 6 rings (SSSR count). The molecule has 0 N–H and O–H groups in total. The van der Waals surface area contributed by atoms with Crippen molar-refractivity contribution in [2.24, 2.45) is 0 Å². The van der Waals surface area contributed by atoms with Crippen molar-refractivity contribution in [1.82, 2.24) is 19.5 Å². The average molecular weight is 400 g/mol. The summed E-state index contributed by atoms with van der Waals surface area (Å²) in [6.07, 6.45) is 9.64. The van der Waals surface area contributed by atoms with E-state index in [0.29, 0.717) is 13.0 Å². The van der Waals surface area contributed by atoms with Crippen LogP contribution in [0.2, 0.25) is 0 Å². The summed E-state index contributed by atoms with van der Waals surface area (Å²) >= 11 is 0. The Bertz CT molecular complexity index is 1250. The third kappa shape index (κ3) is 2.90. The highest BCUT2D eigenvalue weighted by Crippen LogP contribution is 2.31. The second kappa shape index (κ2) is 6.97. The van der Waals surface area contributed by atoms with Gasteiger partial charge >= 0.3 is 0 Å². The van der Waals surface area contributed by atoms with Gasteiger partial charge in [-0.2, -0.15) is 0 Å². The minimum atomic E-state index is 0.164. The van der Waals surface area contributed by atoms with Gasteiger partial charge in [-0.25, -0.2) is 0 Å². The van der Waals surface area contributed by atoms with Crippen LogP contribution >= 0.6 is 0 Å². The number of aromatic nitrogens is 3. The molecule has 1 unspecified atom stereocenters. The quantitative estimate of drug-likeness (QED) is 0.523. The lowest BCUT2D eigenvalue weighted by Crippen LogP contribution is -2.40. The number of hydrogen-bond acceptors (Lipinski definition) is 4. The van der Waals surface area contributed by atoms with Crippen molar-refractivity contribution in [3.63, 3.8) is 0 Å². The van der Waals surface area contributed by atoms with Gasteiger partial charge < -0.3 is 9.32 Å². The van der Waals surface area contributed by atoms with Crippen molar-refractivity contribution in [2.45, 2.75) is 44.4 Å². The zero-order valence-electron chi connectivity index (χ0n) is 16.9. The van der Waals surface area contributed by atoms with Crippen LogP contribution in [-0.2, 0) is 24.1 Å². The molecule has 0 radical (unpaired) electrons. The summed E-state index contributed by atoms with van der Waals surface area (Å²) in [6, 6.07) is 10.3. The van der Waals surface area contributed by atoms with Gasteiger partial charge in [-0.3, -0.25) is 9.20 Å². The minimum absolute atomic E-state index is 0.164. The zero-order valence-corrected chi connectivity index (χ0v) is 16.9. The summed E-state index contributed by atoms with van der Waals surface area (Å²) in [5.41, 5.74) is 5.57. The van der Waals surface area contributed by atoms with Gasteiger partial charge in [0.05, 0.1) is 12.7 Å². The third-order valence-corrected chi connectivity index (χ3v) is 6.69. The molecule has 0 saturated carbocycles. The number of carbonyl (C=O) groups excluding carboxylic acids is 1. The highest BCUT2D eigenvalue weighted by Gasteiger charge is 2.28. The Morgan fingerprint density at radius 3 is 2.97 bits per heavy atom. The molecule has 1 saturated heterocycles. The van der Waals surface area contributed by atoms with Gasteiger partial charge in [0.2, 0.25) is 5.91 Å². The zero-order chi connectivity index (χ0) is 20.1. The fraction of sp³-hybridized carbons (Fsp3) is 0.375. The molecule has 4 heterocycles. The topological polar surface area (TPSA) is 63.6 Å². The molecular formula is C24H24N4O2. The number of benzene rings is 1. The standard InChI is InChI=1S/C24H24N4O2/c29-23(13-19-15-30-21-12-17-6-3-5-16(17)11-20(19)21)27-9-4-7-18(14-27)24-26-25-22-8-1-2-10-28(22)24/h1-2,8,10-12,15,18H,3-7,9,13-14H2. The lowest BCUT2D eigenvalue weighted by molar-refractivity contribution is -0.131. The molecule has 0 spiro atoms. The van der Waals surface area contributed by atoms with Crippen molar-refractivity contribution >= 4 is 22.5 Å². The Morgan fingerprint density at radius 2 is 2.03 bits per heavy atom. The van der Waals surface area contributed by atoms with E-state index in [1.807, 2.05) is 33.7 Å². The lowest BCUT2D eigenvalue weighted by Gasteiger charge is -2.32. The molecular weight excluding hydrogens is 376 g/mol. The summed E-state index contributed by atoms with van der Waals surface area (Å²) in [6.45, 7) is 1.50. The maximum absolute atomic E-state index is 13.2. The largest absolute Gasteiger partial charge is 0.464 e. The fourth-order valence-corrected chi connectivity index (χ4v) is 5.11. The van der Waals surface area contributed by atoms with Gasteiger partial charge in [0.25, 0.3) is 0 Å². The van der Waals surface area contributed by atoms with Crippen LogP contribution in [0.5, 0.6) is 0 Å². The normalized spacial score (nSPS) is 18.9. The average Bonchev–Trinajstić information content (AvgIpc) is 3.50. The van der Waals surface area contributed by atoms with E-state index in [0.717, 1.165) is 60.2 Å². The van der Waals surface area contributed by atoms with Gasteiger partial charge in [-0.05, 0) is 67.5 Å². The maximum Gasteiger partial charge on any atom is 0.227 e. The molecule has 1 aromatic carbocycles. The molecule has 1 amide bonds. The number of carbonyl (C=O) groups is 1. The maximum atomic E-state index is 13.2. The SMILES string of the molecule is O=C(Cc1coc2cc3c(cc12)CCC3)N1CCCC(c2nnc3ccccn23)C1. The molecule has 1 aliphatic carbocycles. The van der Waals surface area contributed by atoms with E-state index in [1.165, 1.54) is 17.5 Å². The predicted molar refractivity (Wildman–Crippen MR) is 113 cm³/mol. The molecule has 1 fully saturated rings. The van der Waals surface area contributed by atoms with Crippen LogP contribution in [0.4, 0.5) is 0 Å². The van der Waals surface area contributed by atoms with Crippen molar-refractivity contribution in [1.29, 1.82) is 0 Å². The minimum Gasteiger partial charge on any atom is -0.464 e. The Hall–Kier alpha value is -3.15. The van der Waals surface area contributed by atoms with Gasteiger partial charge in [-0.1, -0.05) is 6.07 Å². The van der Waals surface area contributed by atoms with E-state index >= 15 is 0 Å². The number of hydrogen-bond donors (Lipinski definition) is 0. The molecule has 4 aromatic rings. The molecule has 6 nitrogen and oxygen atoms in total. The van der Waals surface area contributed by atoms with Crippen molar-refractivity contribution in [3.05, 3.63) is 65.3 Å². The first-order valence-corrected chi connectivity index (χ1v) is 10.9. The van der Waals surface area contributed by atoms with Crippen LogP contribution in [0.1, 0.15) is 47.7 Å². The fourth-order valence-electron chi connectivity index (χ4n) is 5.11. The molecule has 1 aliphatic heterocycles. The van der Waals surface area contributed by atoms with E-state index in [9.17, 15) is 4.79 Å². The third-order valence-electron chi connectivity index (χ3n) is 6.69. The first kappa shape index (κ1) is 17.7. The lowest BCUT2D eigenvalue weighted by atomic mass is 9.96. The molecule has 2 aliphatic rings. The van der Waals surface area contributed by atoms with E-state index in [2.05, 4.69) is 22.3 Å². The number of furan rings is 1. The molecule has 30 heavy (non-hydrogen) atoms. The Kier molecular flexibility index (Phi) is 4.11. The first-order chi connectivity index (χ1) is 14.8. The van der Waals surface area contributed by atoms with Crippen LogP contribution in [0.25, 0.3) is 16.6 Å². The molecule has 1 atom stereocenters. The number of piperidine rings is 1. The van der Waals surface area contributed by atoms with E-state index in [4.69, 9.17) is 4.42 Å². The van der Waals surface area contributed by atoms with Crippen molar-refractivity contribution < 1.29 is 9.21 Å². The highest BCUT2D eigenvalue weighted by atomic mass is 16.3. The van der Waals surface area contributed by atoms with Crippen LogP contribution < -0.4 is 0 Å². The second-order valence-corrected chi connectivity index (χ2v) is 8.57. The molecule has 6 heteroatoms. The monoisotopic (exact) mass is 400 g/mol.